The molecule has 0 aliphatic carbocycles. The van der Waals surface area contributed by atoms with E-state index in [0.29, 0.717) is 23.4 Å². The fraction of sp³-hybridized carbons (Fsp3) is 0.294. The van der Waals surface area contributed by atoms with Gasteiger partial charge in [-0.1, -0.05) is 29.8 Å². The van der Waals surface area contributed by atoms with Crippen molar-refractivity contribution in [1.29, 1.82) is 0 Å². The first-order valence-corrected chi connectivity index (χ1v) is 7.18. The zero-order valence-electron chi connectivity index (χ0n) is 11.9. The van der Waals surface area contributed by atoms with Crippen LogP contribution in [0.3, 0.4) is 0 Å². The molecular weight excluding hydrogens is 291 g/mol. The van der Waals surface area contributed by atoms with Gasteiger partial charge in [0, 0.05) is 11.6 Å². The summed E-state index contributed by atoms with van der Waals surface area (Å²) in [6.07, 6.45) is 1.16. The van der Waals surface area contributed by atoms with Gasteiger partial charge in [-0.3, -0.25) is 0 Å². The first-order valence-electron chi connectivity index (χ1n) is 6.80. The molecule has 0 radical (unpaired) electrons. The van der Waals surface area contributed by atoms with Gasteiger partial charge in [0.05, 0.1) is 7.11 Å². The quantitative estimate of drug-likeness (QED) is 0.877. The molecule has 2 aromatic rings. The van der Waals surface area contributed by atoms with Crippen LogP contribution in [0.15, 0.2) is 42.5 Å². The molecule has 0 fully saturated rings. The van der Waals surface area contributed by atoms with Gasteiger partial charge >= 0.3 is 0 Å². The summed E-state index contributed by atoms with van der Waals surface area (Å²) in [5, 5.41) is 9.90. The van der Waals surface area contributed by atoms with Gasteiger partial charge in [-0.15, -0.1) is 0 Å². The van der Waals surface area contributed by atoms with Gasteiger partial charge in [-0.25, -0.2) is 4.39 Å². The van der Waals surface area contributed by atoms with Crippen molar-refractivity contribution in [1.82, 2.24) is 0 Å². The summed E-state index contributed by atoms with van der Waals surface area (Å²) in [7, 11) is 1.62. The van der Waals surface area contributed by atoms with Crippen LogP contribution in [-0.2, 0) is 12.8 Å². The van der Waals surface area contributed by atoms with E-state index in [1.54, 1.807) is 19.2 Å². The molecule has 0 aromatic heterocycles. The maximum atomic E-state index is 13.8. The lowest BCUT2D eigenvalue weighted by atomic mass is 9.93. The number of hydrogen-bond donors (Lipinski definition) is 1. The minimum Gasteiger partial charge on any atom is -0.497 e. The van der Waals surface area contributed by atoms with Crippen molar-refractivity contribution in [3.63, 3.8) is 0 Å². The molecule has 1 atom stereocenters. The number of hydrogen-bond acceptors (Lipinski definition) is 2. The molecule has 0 aliphatic heterocycles. The van der Waals surface area contributed by atoms with Gasteiger partial charge < -0.3 is 9.84 Å². The first-order chi connectivity index (χ1) is 10.1. The summed E-state index contributed by atoms with van der Waals surface area (Å²) >= 11 is 5.74. The van der Waals surface area contributed by atoms with E-state index in [9.17, 15) is 9.50 Å². The fourth-order valence-electron chi connectivity index (χ4n) is 2.29. The van der Waals surface area contributed by atoms with E-state index >= 15 is 0 Å². The fourth-order valence-corrected chi connectivity index (χ4v) is 2.45. The van der Waals surface area contributed by atoms with E-state index in [0.717, 1.165) is 11.3 Å². The van der Waals surface area contributed by atoms with Crippen LogP contribution in [0.4, 0.5) is 4.39 Å². The summed E-state index contributed by atoms with van der Waals surface area (Å²) in [5.41, 5.74) is 1.66. The number of methoxy groups -OCH3 is 1. The smallest absolute Gasteiger partial charge is 0.127 e. The highest BCUT2D eigenvalue weighted by atomic mass is 35.5. The number of ether oxygens (including phenoxy) is 1. The molecule has 0 aliphatic rings. The van der Waals surface area contributed by atoms with Crippen molar-refractivity contribution in [2.24, 2.45) is 5.92 Å². The number of rotatable bonds is 6. The minimum atomic E-state index is -0.323. The average Bonchev–Trinajstić information content (AvgIpc) is 2.49. The minimum absolute atomic E-state index is 0.00803. The Balaban J connectivity index is 2.05. The van der Waals surface area contributed by atoms with Crippen molar-refractivity contribution in [2.45, 2.75) is 12.8 Å². The molecular formula is C17H18ClFO2. The Kier molecular flexibility index (Phi) is 5.59. The second kappa shape index (κ2) is 7.43. The summed E-state index contributed by atoms with van der Waals surface area (Å²) < 4.78 is 18.9. The highest BCUT2D eigenvalue weighted by Crippen LogP contribution is 2.21. The zero-order chi connectivity index (χ0) is 15.2. The van der Waals surface area contributed by atoms with Crippen LogP contribution >= 0.6 is 11.6 Å². The highest BCUT2D eigenvalue weighted by Gasteiger charge is 2.13. The second-order valence-corrected chi connectivity index (χ2v) is 5.48. The van der Waals surface area contributed by atoms with Crippen molar-refractivity contribution < 1.29 is 14.2 Å². The second-order valence-electron chi connectivity index (χ2n) is 5.04. The van der Waals surface area contributed by atoms with Crippen LogP contribution < -0.4 is 4.74 Å². The lowest BCUT2D eigenvalue weighted by Gasteiger charge is -2.15. The number of aliphatic hydroxyl groups excluding tert-OH is 1. The monoisotopic (exact) mass is 308 g/mol. The van der Waals surface area contributed by atoms with Gasteiger partial charge in [0.1, 0.15) is 11.6 Å². The van der Waals surface area contributed by atoms with E-state index in [4.69, 9.17) is 16.3 Å². The van der Waals surface area contributed by atoms with Crippen LogP contribution in [0.2, 0.25) is 5.02 Å². The third-order valence-corrected chi connectivity index (χ3v) is 3.70. The van der Waals surface area contributed by atoms with Crippen LogP contribution in [0.1, 0.15) is 11.1 Å². The van der Waals surface area contributed by atoms with Gasteiger partial charge in [0.25, 0.3) is 0 Å². The summed E-state index contributed by atoms with van der Waals surface area (Å²) in [6, 6.07) is 12.3. The average molecular weight is 309 g/mol. The number of aliphatic hydroxyl groups is 1. The Morgan fingerprint density at radius 3 is 2.43 bits per heavy atom. The lowest BCUT2D eigenvalue weighted by Crippen LogP contribution is -2.13. The highest BCUT2D eigenvalue weighted by molar-refractivity contribution is 6.30. The predicted octanol–water partition coefficient (Wildman–Crippen LogP) is 3.88. The zero-order valence-corrected chi connectivity index (χ0v) is 12.6. The van der Waals surface area contributed by atoms with Gasteiger partial charge in [0.15, 0.2) is 0 Å². The molecule has 4 heteroatoms. The van der Waals surface area contributed by atoms with Gasteiger partial charge in [0.2, 0.25) is 0 Å². The maximum Gasteiger partial charge on any atom is 0.127 e. The number of benzene rings is 2. The Morgan fingerprint density at radius 1 is 1.14 bits per heavy atom. The van der Waals surface area contributed by atoms with Crippen molar-refractivity contribution in [3.05, 3.63) is 64.4 Å². The van der Waals surface area contributed by atoms with E-state index in [1.165, 1.54) is 6.07 Å². The third kappa shape index (κ3) is 4.45. The Hall–Kier alpha value is -1.58. The molecule has 0 amide bonds. The van der Waals surface area contributed by atoms with Gasteiger partial charge in [-0.2, -0.15) is 0 Å². The van der Waals surface area contributed by atoms with Crippen molar-refractivity contribution in [3.8, 4) is 5.75 Å². The normalized spacial score (nSPS) is 12.2. The topological polar surface area (TPSA) is 29.5 Å². The van der Waals surface area contributed by atoms with Gasteiger partial charge in [-0.05, 0) is 54.2 Å². The summed E-state index contributed by atoms with van der Waals surface area (Å²) in [4.78, 5) is 0. The molecule has 0 spiro atoms. The molecule has 1 N–H and O–H groups in total. The Morgan fingerprint density at radius 2 is 1.86 bits per heavy atom. The standard InChI is InChI=1S/C17H18ClFO2/c1-21-16-6-2-12(3-7-16)8-13(11-20)9-14-4-5-15(18)10-17(14)19/h2-7,10,13,20H,8-9,11H2,1H3. The molecule has 112 valence electrons. The number of halogens is 2. The SMILES string of the molecule is COc1ccc(CC(CO)Cc2ccc(Cl)cc2F)cc1. The van der Waals surface area contributed by atoms with Crippen LogP contribution in [-0.4, -0.2) is 18.8 Å². The molecule has 2 nitrogen and oxygen atoms in total. The van der Waals surface area contributed by atoms with E-state index in [1.807, 2.05) is 24.3 Å². The third-order valence-electron chi connectivity index (χ3n) is 3.47. The van der Waals surface area contributed by atoms with Crippen molar-refractivity contribution >= 4 is 11.6 Å². The van der Waals surface area contributed by atoms with E-state index in [2.05, 4.69) is 0 Å². The molecule has 0 saturated carbocycles. The summed E-state index contributed by atoms with van der Waals surface area (Å²) in [6.45, 7) is 0.00803. The molecule has 2 rings (SSSR count). The van der Waals surface area contributed by atoms with E-state index in [-0.39, 0.29) is 18.3 Å². The Labute approximate surface area is 129 Å². The molecule has 0 bridgehead atoms. The largest absolute Gasteiger partial charge is 0.497 e. The Bertz CT molecular complexity index is 584. The lowest BCUT2D eigenvalue weighted by molar-refractivity contribution is 0.224. The van der Waals surface area contributed by atoms with E-state index < -0.39 is 0 Å². The van der Waals surface area contributed by atoms with Crippen LogP contribution in [0, 0.1) is 11.7 Å². The molecule has 0 heterocycles. The molecule has 2 aromatic carbocycles. The van der Waals surface area contributed by atoms with Crippen LogP contribution in [0.5, 0.6) is 5.75 Å². The first kappa shape index (κ1) is 15.8. The maximum absolute atomic E-state index is 13.8. The van der Waals surface area contributed by atoms with Crippen molar-refractivity contribution in [2.75, 3.05) is 13.7 Å². The summed E-state index contributed by atoms with van der Waals surface area (Å²) in [5.74, 6) is 0.438. The molecule has 0 saturated heterocycles. The van der Waals surface area contributed by atoms with Crippen LogP contribution in [0.25, 0.3) is 0 Å². The predicted molar refractivity (Wildman–Crippen MR) is 82.4 cm³/mol. The molecule has 21 heavy (non-hydrogen) atoms. The molecule has 1 unspecified atom stereocenters.